The summed E-state index contributed by atoms with van der Waals surface area (Å²) >= 11 is 0. The molecule has 2 rings (SSSR count). The summed E-state index contributed by atoms with van der Waals surface area (Å²) in [5, 5.41) is 0. The summed E-state index contributed by atoms with van der Waals surface area (Å²) < 4.78 is 14.1. The van der Waals surface area contributed by atoms with Gasteiger partial charge in [0.2, 0.25) is 0 Å². The van der Waals surface area contributed by atoms with Crippen molar-refractivity contribution in [2.75, 3.05) is 0 Å². The van der Waals surface area contributed by atoms with E-state index in [1.54, 1.807) is 31.5 Å². The van der Waals surface area contributed by atoms with Crippen LogP contribution in [0.5, 0.6) is 0 Å². The minimum atomic E-state index is -0.391. The number of rotatable bonds is 3. The number of nitrogens with one attached hydrogen (secondary N) is 1. The molecular formula is C14H16FN3. The monoisotopic (exact) mass is 245 g/mol. The van der Waals surface area contributed by atoms with Crippen molar-refractivity contribution in [3.8, 4) is 0 Å². The summed E-state index contributed by atoms with van der Waals surface area (Å²) in [6, 6.07) is 6.84. The maximum atomic E-state index is 14.1. The van der Waals surface area contributed by atoms with Crippen LogP contribution in [0.1, 0.15) is 28.3 Å². The number of hydrogen-bond donors (Lipinski definition) is 2. The molecule has 1 heterocycles. The van der Waals surface area contributed by atoms with E-state index in [0.717, 1.165) is 11.1 Å². The van der Waals surface area contributed by atoms with Crippen molar-refractivity contribution >= 4 is 0 Å². The van der Waals surface area contributed by atoms with Gasteiger partial charge in [-0.2, -0.15) is 0 Å². The van der Waals surface area contributed by atoms with E-state index in [2.05, 4.69) is 10.4 Å². The molecule has 2 aromatic rings. The molecule has 1 unspecified atom stereocenters. The fourth-order valence-corrected chi connectivity index (χ4v) is 1.99. The van der Waals surface area contributed by atoms with E-state index in [-0.39, 0.29) is 5.82 Å². The Bertz CT molecular complexity index is 554. The number of halogens is 1. The first-order valence-corrected chi connectivity index (χ1v) is 5.76. The van der Waals surface area contributed by atoms with Crippen molar-refractivity contribution in [1.82, 2.24) is 10.4 Å². The number of aromatic nitrogens is 1. The van der Waals surface area contributed by atoms with Crippen LogP contribution < -0.4 is 11.3 Å². The molecule has 0 aliphatic heterocycles. The molecule has 0 bridgehead atoms. The Morgan fingerprint density at radius 2 is 2.06 bits per heavy atom. The summed E-state index contributed by atoms with van der Waals surface area (Å²) in [6.07, 6.45) is 3.45. The van der Waals surface area contributed by atoms with E-state index in [9.17, 15) is 4.39 Å². The van der Waals surface area contributed by atoms with Crippen LogP contribution in [0.25, 0.3) is 0 Å². The lowest BCUT2D eigenvalue weighted by molar-refractivity contribution is 0.553. The van der Waals surface area contributed by atoms with Gasteiger partial charge in [0.05, 0.1) is 6.04 Å². The molecule has 3 N–H and O–H groups in total. The molecule has 0 aliphatic rings. The third-order valence-electron chi connectivity index (χ3n) is 2.93. The Balaban J connectivity index is 2.49. The number of nitrogens with zero attached hydrogens (tertiary/aromatic N) is 1. The molecule has 0 amide bonds. The van der Waals surface area contributed by atoms with Gasteiger partial charge in [-0.1, -0.05) is 24.3 Å². The zero-order valence-corrected chi connectivity index (χ0v) is 10.4. The van der Waals surface area contributed by atoms with Crippen molar-refractivity contribution in [3.63, 3.8) is 0 Å². The van der Waals surface area contributed by atoms with E-state index in [1.165, 1.54) is 0 Å². The first-order chi connectivity index (χ1) is 8.63. The minimum absolute atomic E-state index is 0.234. The maximum absolute atomic E-state index is 14.1. The van der Waals surface area contributed by atoms with Gasteiger partial charge < -0.3 is 0 Å². The predicted octanol–water partition coefficient (Wildman–Crippen LogP) is 2.39. The molecule has 1 aromatic carbocycles. The molecule has 94 valence electrons. The van der Waals surface area contributed by atoms with Crippen molar-refractivity contribution < 1.29 is 4.39 Å². The van der Waals surface area contributed by atoms with Gasteiger partial charge >= 0.3 is 0 Å². The smallest absolute Gasteiger partial charge is 0.131 e. The highest BCUT2D eigenvalue weighted by Crippen LogP contribution is 2.25. The summed E-state index contributed by atoms with van der Waals surface area (Å²) in [5.41, 5.74) is 5.65. The molecule has 0 spiro atoms. The lowest BCUT2D eigenvalue weighted by Gasteiger charge is -2.18. The number of hydrazine groups is 1. The second-order valence-electron chi connectivity index (χ2n) is 4.37. The van der Waals surface area contributed by atoms with Gasteiger partial charge in [0.1, 0.15) is 5.82 Å². The lowest BCUT2D eigenvalue weighted by atomic mass is 9.97. The Morgan fingerprint density at radius 1 is 1.28 bits per heavy atom. The lowest BCUT2D eigenvalue weighted by Crippen LogP contribution is -2.29. The summed E-state index contributed by atoms with van der Waals surface area (Å²) in [4.78, 5) is 4.11. The molecule has 0 aliphatic carbocycles. The van der Waals surface area contributed by atoms with Gasteiger partial charge in [-0.15, -0.1) is 0 Å². The number of nitrogens with two attached hydrogens (primary N) is 1. The van der Waals surface area contributed by atoms with Crippen molar-refractivity contribution in [1.29, 1.82) is 0 Å². The van der Waals surface area contributed by atoms with Crippen molar-refractivity contribution in [3.05, 3.63) is 64.7 Å². The topological polar surface area (TPSA) is 50.9 Å². The molecule has 3 nitrogen and oxygen atoms in total. The third kappa shape index (κ3) is 2.39. The van der Waals surface area contributed by atoms with Gasteiger partial charge in [0.15, 0.2) is 0 Å². The SMILES string of the molecule is Cc1cncc(C(NN)c2cccc(C)c2F)c1. The number of hydrogen-bond acceptors (Lipinski definition) is 3. The van der Waals surface area contributed by atoms with Gasteiger partial charge in [0, 0.05) is 18.0 Å². The molecular weight excluding hydrogens is 229 g/mol. The van der Waals surface area contributed by atoms with E-state index < -0.39 is 6.04 Å². The zero-order chi connectivity index (χ0) is 13.1. The van der Waals surface area contributed by atoms with Crippen LogP contribution in [0.2, 0.25) is 0 Å². The van der Waals surface area contributed by atoms with E-state index >= 15 is 0 Å². The van der Waals surface area contributed by atoms with Gasteiger partial charge in [-0.05, 0) is 30.5 Å². The summed E-state index contributed by atoms with van der Waals surface area (Å²) in [7, 11) is 0. The van der Waals surface area contributed by atoms with Crippen molar-refractivity contribution in [2.45, 2.75) is 19.9 Å². The largest absolute Gasteiger partial charge is 0.271 e. The quantitative estimate of drug-likeness (QED) is 0.645. The zero-order valence-electron chi connectivity index (χ0n) is 10.4. The fourth-order valence-electron chi connectivity index (χ4n) is 1.99. The van der Waals surface area contributed by atoms with Gasteiger partial charge in [-0.3, -0.25) is 10.8 Å². The molecule has 0 saturated heterocycles. The number of benzene rings is 1. The van der Waals surface area contributed by atoms with Crippen LogP contribution in [-0.2, 0) is 0 Å². The fraction of sp³-hybridized carbons (Fsp3) is 0.214. The average molecular weight is 245 g/mol. The molecule has 4 heteroatoms. The van der Waals surface area contributed by atoms with E-state index in [4.69, 9.17) is 5.84 Å². The molecule has 18 heavy (non-hydrogen) atoms. The van der Waals surface area contributed by atoms with Crippen LogP contribution in [0, 0.1) is 19.7 Å². The molecule has 0 saturated carbocycles. The van der Waals surface area contributed by atoms with Crippen LogP contribution >= 0.6 is 0 Å². The normalized spacial score (nSPS) is 12.4. The first kappa shape index (κ1) is 12.7. The molecule has 1 atom stereocenters. The molecule has 0 radical (unpaired) electrons. The number of aryl methyl sites for hydroxylation is 2. The highest BCUT2D eigenvalue weighted by Gasteiger charge is 2.17. The summed E-state index contributed by atoms with van der Waals surface area (Å²) in [6.45, 7) is 3.68. The highest BCUT2D eigenvalue weighted by molar-refractivity contribution is 5.35. The number of pyridine rings is 1. The Labute approximate surface area is 106 Å². The molecule has 1 aromatic heterocycles. The van der Waals surface area contributed by atoms with Crippen LogP contribution in [-0.4, -0.2) is 4.98 Å². The third-order valence-corrected chi connectivity index (χ3v) is 2.93. The molecule has 0 fully saturated rings. The van der Waals surface area contributed by atoms with E-state index in [1.807, 2.05) is 19.1 Å². The van der Waals surface area contributed by atoms with Gasteiger partial charge in [0.25, 0.3) is 0 Å². The Hall–Kier alpha value is -1.78. The van der Waals surface area contributed by atoms with Crippen LogP contribution in [0.3, 0.4) is 0 Å². The van der Waals surface area contributed by atoms with E-state index in [0.29, 0.717) is 11.1 Å². The predicted molar refractivity (Wildman–Crippen MR) is 69.3 cm³/mol. The van der Waals surface area contributed by atoms with Crippen LogP contribution in [0.4, 0.5) is 4.39 Å². The van der Waals surface area contributed by atoms with Crippen molar-refractivity contribution in [2.24, 2.45) is 5.84 Å². The van der Waals surface area contributed by atoms with Crippen LogP contribution in [0.15, 0.2) is 36.7 Å². The Kier molecular flexibility index (Phi) is 3.69. The first-order valence-electron chi connectivity index (χ1n) is 5.76. The minimum Gasteiger partial charge on any atom is -0.271 e. The van der Waals surface area contributed by atoms with Gasteiger partial charge in [-0.25, -0.2) is 9.82 Å². The maximum Gasteiger partial charge on any atom is 0.131 e. The summed E-state index contributed by atoms with van der Waals surface area (Å²) in [5.74, 6) is 5.33. The highest BCUT2D eigenvalue weighted by atomic mass is 19.1. The Morgan fingerprint density at radius 3 is 2.72 bits per heavy atom. The standard InChI is InChI=1S/C14H16FN3/c1-9-6-11(8-17-7-9)14(18-16)12-5-3-4-10(2)13(12)15/h3-8,14,18H,16H2,1-2H3. The second kappa shape index (κ2) is 5.25. The second-order valence-corrected chi connectivity index (χ2v) is 4.37. The average Bonchev–Trinajstić information content (AvgIpc) is 2.35.